The van der Waals surface area contributed by atoms with Gasteiger partial charge in [-0.2, -0.15) is 0 Å². The van der Waals surface area contributed by atoms with E-state index in [1.807, 2.05) is 60.7 Å². The van der Waals surface area contributed by atoms with Crippen molar-refractivity contribution in [1.29, 1.82) is 0 Å². The Morgan fingerprint density at radius 1 is 1.02 bits per heavy atom. The number of carbonyl (C=O) groups excluding carboxylic acids is 4. The van der Waals surface area contributed by atoms with E-state index in [0.717, 1.165) is 40.9 Å². The first-order valence-electron chi connectivity index (χ1n) is 18.1. The highest BCUT2D eigenvalue weighted by atomic mass is 16.6. The minimum atomic E-state index is -1.25. The van der Waals surface area contributed by atoms with Crippen molar-refractivity contribution < 1.29 is 33.2 Å². The molecule has 4 aromatic rings. The summed E-state index contributed by atoms with van der Waals surface area (Å²) in [6.45, 7) is 7.13. The molecule has 272 valence electrons. The Morgan fingerprint density at radius 2 is 1.77 bits per heavy atom. The van der Waals surface area contributed by atoms with Crippen LogP contribution in [0.3, 0.4) is 0 Å². The molecule has 0 unspecified atom stereocenters. The summed E-state index contributed by atoms with van der Waals surface area (Å²) in [5.74, 6) is -1.31. The number of para-hydroxylation sites is 1. The van der Waals surface area contributed by atoms with Crippen molar-refractivity contribution in [3.05, 3.63) is 78.2 Å². The number of esters is 1. The van der Waals surface area contributed by atoms with Gasteiger partial charge in [0.25, 0.3) is 5.91 Å². The van der Waals surface area contributed by atoms with Crippen molar-refractivity contribution >= 4 is 45.4 Å². The lowest BCUT2D eigenvalue weighted by atomic mass is 10.0. The predicted octanol–water partition coefficient (Wildman–Crippen LogP) is 5.57. The topological polar surface area (TPSA) is 153 Å². The van der Waals surface area contributed by atoms with Gasteiger partial charge in [-0.1, -0.05) is 66.5 Å². The van der Waals surface area contributed by atoms with Crippen molar-refractivity contribution in [1.82, 2.24) is 25.7 Å². The van der Waals surface area contributed by atoms with E-state index in [-0.39, 0.29) is 24.6 Å². The SMILES string of the molecule is Cc1cc(C(=O)N[C@H]2CCCCCC=C[C@@H]3C[C@@]3(C(=O)OC(C)(C)C)NC(=O)[C@@H]3C[C@@H](Oc4nc5ccccc5c5ccccc45)CN3C2=O)no1. The maximum absolute atomic E-state index is 14.6. The Hall–Kier alpha value is -5.26. The molecule has 1 aliphatic carbocycles. The van der Waals surface area contributed by atoms with Crippen LogP contribution in [0.1, 0.15) is 82.0 Å². The van der Waals surface area contributed by atoms with Gasteiger partial charge >= 0.3 is 5.97 Å². The van der Waals surface area contributed by atoms with Gasteiger partial charge in [0.1, 0.15) is 35.1 Å². The molecule has 2 aromatic heterocycles. The van der Waals surface area contributed by atoms with Crippen molar-refractivity contribution in [3.63, 3.8) is 0 Å². The monoisotopic (exact) mass is 707 g/mol. The number of fused-ring (bicyclic) bond motifs is 5. The van der Waals surface area contributed by atoms with E-state index in [4.69, 9.17) is 19.0 Å². The molecule has 4 heterocycles. The van der Waals surface area contributed by atoms with Gasteiger partial charge in [0.05, 0.1) is 12.1 Å². The number of amides is 3. The summed E-state index contributed by atoms with van der Waals surface area (Å²) >= 11 is 0. The van der Waals surface area contributed by atoms with E-state index in [2.05, 4.69) is 15.8 Å². The number of aryl methyl sites for hydroxylation is 1. The van der Waals surface area contributed by atoms with Gasteiger partial charge in [-0.05, 0) is 70.9 Å². The van der Waals surface area contributed by atoms with Crippen molar-refractivity contribution in [3.8, 4) is 5.88 Å². The summed E-state index contributed by atoms with van der Waals surface area (Å²) in [5, 5.41) is 12.5. The van der Waals surface area contributed by atoms with Crippen LogP contribution in [0, 0.1) is 12.8 Å². The molecule has 12 heteroatoms. The number of aromatic nitrogens is 2. The summed E-state index contributed by atoms with van der Waals surface area (Å²) in [6.07, 6.45) is 7.47. The third-order valence-electron chi connectivity index (χ3n) is 10.0. The zero-order valence-electron chi connectivity index (χ0n) is 30.0. The number of hydrogen-bond acceptors (Lipinski definition) is 9. The second-order valence-corrected chi connectivity index (χ2v) is 15.1. The van der Waals surface area contributed by atoms with E-state index < -0.39 is 53.0 Å². The van der Waals surface area contributed by atoms with E-state index in [1.54, 1.807) is 27.7 Å². The summed E-state index contributed by atoms with van der Waals surface area (Å²) < 4.78 is 17.5. The van der Waals surface area contributed by atoms with Gasteiger partial charge in [-0.15, -0.1) is 0 Å². The van der Waals surface area contributed by atoms with Gasteiger partial charge in [-0.25, -0.2) is 9.78 Å². The molecule has 2 aromatic carbocycles. The standard InChI is InChI=1S/C40H45N5O7/c1-24-20-32(44-52-24)34(46)41-31-19-9-7-5-6-8-14-25-22-40(25,38(49)51-39(2,3)4)43-35(47)33-21-26(23-45(33)37(31)48)50-36-29-17-11-10-15-27(29)28-16-12-13-18-30(28)42-36/h8,10-18,20,25-26,31,33H,5-7,9,19,21-23H2,1-4H3,(H,41,46)(H,43,47)/t25-,26-,31+,33+,40-/m1/s1. The fourth-order valence-corrected chi connectivity index (χ4v) is 7.33. The molecule has 2 N–H and O–H groups in total. The molecular formula is C40H45N5O7. The second kappa shape index (κ2) is 14.0. The smallest absolute Gasteiger partial charge is 0.333 e. The number of ether oxygens (including phenoxy) is 2. The Morgan fingerprint density at radius 3 is 2.52 bits per heavy atom. The third-order valence-corrected chi connectivity index (χ3v) is 10.0. The van der Waals surface area contributed by atoms with Crippen molar-refractivity contribution in [2.75, 3.05) is 6.54 Å². The number of hydrogen-bond donors (Lipinski definition) is 2. The van der Waals surface area contributed by atoms with Gasteiger partial charge < -0.3 is 29.5 Å². The van der Waals surface area contributed by atoms with Crippen LogP contribution in [0.5, 0.6) is 5.88 Å². The Bertz CT molecular complexity index is 2050. The molecular weight excluding hydrogens is 662 g/mol. The zero-order valence-corrected chi connectivity index (χ0v) is 30.0. The lowest BCUT2D eigenvalue weighted by molar-refractivity contribution is -0.160. The van der Waals surface area contributed by atoms with E-state index in [1.165, 1.54) is 11.0 Å². The van der Waals surface area contributed by atoms with E-state index in [0.29, 0.717) is 30.9 Å². The van der Waals surface area contributed by atoms with Crippen LogP contribution in [-0.4, -0.2) is 74.6 Å². The average Bonchev–Trinajstić information content (AvgIpc) is 3.39. The lowest BCUT2D eigenvalue weighted by Gasteiger charge is -2.30. The fourth-order valence-electron chi connectivity index (χ4n) is 7.33. The predicted molar refractivity (Wildman–Crippen MR) is 193 cm³/mol. The van der Waals surface area contributed by atoms with Gasteiger partial charge in [0.15, 0.2) is 5.69 Å². The van der Waals surface area contributed by atoms with Crippen LogP contribution in [0.4, 0.5) is 0 Å². The molecule has 3 amide bonds. The summed E-state index contributed by atoms with van der Waals surface area (Å²) in [5.41, 5.74) is -1.18. The van der Waals surface area contributed by atoms with Crippen LogP contribution in [0.2, 0.25) is 0 Å². The first-order valence-corrected chi connectivity index (χ1v) is 18.1. The largest absolute Gasteiger partial charge is 0.472 e. The van der Waals surface area contributed by atoms with Crippen molar-refractivity contribution in [2.45, 2.75) is 102 Å². The molecule has 1 saturated carbocycles. The van der Waals surface area contributed by atoms with Crippen LogP contribution < -0.4 is 15.4 Å². The Labute approximate surface area is 302 Å². The Balaban J connectivity index is 1.22. The summed E-state index contributed by atoms with van der Waals surface area (Å²) in [6, 6.07) is 15.2. The normalized spacial score (nSPS) is 25.4. The molecule has 0 bridgehead atoms. The van der Waals surface area contributed by atoms with E-state index >= 15 is 0 Å². The molecule has 0 spiro atoms. The third kappa shape index (κ3) is 7.24. The molecule has 0 radical (unpaired) electrons. The minimum Gasteiger partial charge on any atom is -0.472 e. The highest BCUT2D eigenvalue weighted by Crippen LogP contribution is 2.47. The highest BCUT2D eigenvalue weighted by molar-refractivity contribution is 6.07. The van der Waals surface area contributed by atoms with Gasteiger partial charge in [-0.3, -0.25) is 14.4 Å². The van der Waals surface area contributed by atoms with Crippen LogP contribution in [-0.2, 0) is 19.1 Å². The molecule has 12 nitrogen and oxygen atoms in total. The van der Waals surface area contributed by atoms with Crippen LogP contribution in [0.15, 0.2) is 71.3 Å². The lowest BCUT2D eigenvalue weighted by Crippen LogP contribution is -2.57. The number of nitrogens with zero attached hydrogens (tertiary/aromatic N) is 3. The maximum Gasteiger partial charge on any atom is 0.333 e. The molecule has 52 heavy (non-hydrogen) atoms. The van der Waals surface area contributed by atoms with Crippen molar-refractivity contribution in [2.24, 2.45) is 5.92 Å². The first kappa shape index (κ1) is 35.2. The number of allylic oxidation sites excluding steroid dienone is 1. The maximum atomic E-state index is 14.6. The molecule has 3 aliphatic rings. The molecule has 7 rings (SSSR count). The number of nitrogens with one attached hydrogen (secondary N) is 2. The number of carbonyl (C=O) groups is 4. The zero-order chi connectivity index (χ0) is 36.6. The second-order valence-electron chi connectivity index (χ2n) is 15.1. The molecule has 2 aliphatic heterocycles. The highest BCUT2D eigenvalue weighted by Gasteiger charge is 2.63. The minimum absolute atomic E-state index is 0.0663. The van der Waals surface area contributed by atoms with Crippen LogP contribution >= 0.6 is 0 Å². The summed E-state index contributed by atoms with van der Waals surface area (Å²) in [7, 11) is 0. The number of benzene rings is 2. The Kier molecular flexibility index (Phi) is 9.50. The number of pyridine rings is 1. The van der Waals surface area contributed by atoms with Gasteiger partial charge in [0, 0.05) is 29.2 Å². The molecule has 1 saturated heterocycles. The first-order chi connectivity index (χ1) is 24.9. The quantitative estimate of drug-likeness (QED) is 0.154. The summed E-state index contributed by atoms with van der Waals surface area (Å²) in [4.78, 5) is 62.3. The molecule has 2 fully saturated rings. The van der Waals surface area contributed by atoms with E-state index in [9.17, 15) is 19.2 Å². The average molecular weight is 708 g/mol. The number of rotatable bonds is 5. The molecule has 5 atom stereocenters. The van der Waals surface area contributed by atoms with Gasteiger partial charge in [0.2, 0.25) is 17.7 Å². The fraction of sp³-hybridized carbons (Fsp3) is 0.450. The van der Waals surface area contributed by atoms with Crippen LogP contribution in [0.25, 0.3) is 21.7 Å².